The van der Waals surface area contributed by atoms with E-state index in [0.29, 0.717) is 34.0 Å². The third kappa shape index (κ3) is 2.93. The smallest absolute Gasteiger partial charge is 0.352 e. The van der Waals surface area contributed by atoms with Gasteiger partial charge in [-0.1, -0.05) is 23.2 Å². The number of aromatic nitrogens is 3. The molecule has 3 rings (SSSR count). The van der Waals surface area contributed by atoms with Crippen LogP contribution in [0.25, 0.3) is 5.69 Å². The monoisotopic (exact) mass is 356 g/mol. The number of ether oxygens (including phenoxy) is 1. The Morgan fingerprint density at radius 3 is 2.61 bits per heavy atom. The zero-order chi connectivity index (χ0) is 16.7. The molecule has 124 valence electrons. The molecule has 1 aromatic carbocycles. The summed E-state index contributed by atoms with van der Waals surface area (Å²) in [5.74, 6) is 1.12. The molecule has 0 spiro atoms. The van der Waals surface area contributed by atoms with Crippen LogP contribution in [0.1, 0.15) is 20.3 Å². The van der Waals surface area contributed by atoms with E-state index in [1.165, 1.54) is 4.68 Å². The maximum atomic E-state index is 12.6. The van der Waals surface area contributed by atoms with Gasteiger partial charge in [-0.3, -0.25) is 4.57 Å². The van der Waals surface area contributed by atoms with Gasteiger partial charge in [0.15, 0.2) is 0 Å². The van der Waals surface area contributed by atoms with Gasteiger partial charge < -0.3 is 9.64 Å². The summed E-state index contributed by atoms with van der Waals surface area (Å²) in [6.45, 7) is 5.33. The fourth-order valence-corrected chi connectivity index (χ4v) is 3.12. The molecule has 2 heterocycles. The quantitative estimate of drug-likeness (QED) is 0.848. The lowest BCUT2D eigenvalue weighted by Gasteiger charge is -2.22. The second-order valence-electron chi connectivity index (χ2n) is 5.82. The second-order valence-corrected chi connectivity index (χ2v) is 6.64. The predicted octanol–water partition coefficient (Wildman–Crippen LogP) is 2.97. The van der Waals surface area contributed by atoms with Crippen molar-refractivity contribution in [2.24, 2.45) is 0 Å². The molecule has 23 heavy (non-hydrogen) atoms. The largest absolute Gasteiger partial charge is 0.489 e. The van der Waals surface area contributed by atoms with Crippen molar-refractivity contribution in [3.8, 4) is 11.4 Å². The number of anilines is 1. The summed E-state index contributed by atoms with van der Waals surface area (Å²) in [5.41, 5.74) is 0.248. The van der Waals surface area contributed by atoms with Crippen LogP contribution in [0.3, 0.4) is 0 Å². The standard InChI is InChI=1S/C15H18Cl2N4O2/c1-9(2)23-13-8-12(10(16)7-11(13)17)21-15(22)20-6-4-5-19(3)14(20)18-21/h7-9H,4-6H2,1-3H3. The lowest BCUT2D eigenvalue weighted by Crippen LogP contribution is -2.33. The number of nitrogens with zero attached hydrogens (tertiary/aromatic N) is 4. The highest BCUT2D eigenvalue weighted by molar-refractivity contribution is 6.36. The van der Waals surface area contributed by atoms with E-state index < -0.39 is 0 Å². The van der Waals surface area contributed by atoms with Gasteiger partial charge in [-0.15, -0.1) is 5.10 Å². The fraction of sp³-hybridized carbons (Fsp3) is 0.467. The molecule has 1 aliphatic rings. The van der Waals surface area contributed by atoms with Crippen molar-refractivity contribution < 1.29 is 4.74 Å². The van der Waals surface area contributed by atoms with E-state index in [1.54, 1.807) is 16.7 Å². The number of benzene rings is 1. The molecule has 0 aliphatic carbocycles. The molecule has 8 heteroatoms. The molecule has 1 aromatic heterocycles. The van der Waals surface area contributed by atoms with Crippen LogP contribution in [0.15, 0.2) is 16.9 Å². The first-order valence-corrected chi connectivity index (χ1v) is 8.21. The Bertz CT molecular complexity index is 798. The maximum Gasteiger partial charge on any atom is 0.352 e. The third-order valence-electron chi connectivity index (χ3n) is 3.65. The summed E-state index contributed by atoms with van der Waals surface area (Å²) < 4.78 is 8.63. The average molecular weight is 357 g/mol. The van der Waals surface area contributed by atoms with Crippen molar-refractivity contribution in [3.05, 3.63) is 32.7 Å². The Hall–Kier alpha value is -1.66. The lowest BCUT2D eigenvalue weighted by molar-refractivity contribution is 0.242. The number of rotatable bonds is 3. The van der Waals surface area contributed by atoms with Crippen molar-refractivity contribution in [2.75, 3.05) is 18.5 Å². The molecule has 1 aliphatic heterocycles. The highest BCUT2D eigenvalue weighted by atomic mass is 35.5. The summed E-state index contributed by atoms with van der Waals surface area (Å²) >= 11 is 12.4. The maximum absolute atomic E-state index is 12.6. The molecule has 0 atom stereocenters. The molecular weight excluding hydrogens is 339 g/mol. The highest BCUT2D eigenvalue weighted by Gasteiger charge is 2.23. The van der Waals surface area contributed by atoms with Crippen molar-refractivity contribution in [1.82, 2.24) is 14.3 Å². The van der Waals surface area contributed by atoms with Gasteiger partial charge in [-0.05, 0) is 26.3 Å². The van der Waals surface area contributed by atoms with Crippen LogP contribution >= 0.6 is 23.2 Å². The molecule has 6 nitrogen and oxygen atoms in total. The summed E-state index contributed by atoms with van der Waals surface area (Å²) in [4.78, 5) is 14.6. The fourth-order valence-electron chi connectivity index (χ4n) is 2.61. The highest BCUT2D eigenvalue weighted by Crippen LogP contribution is 2.33. The lowest BCUT2D eigenvalue weighted by atomic mass is 10.3. The number of hydrogen-bond acceptors (Lipinski definition) is 4. The van der Waals surface area contributed by atoms with Crippen molar-refractivity contribution in [2.45, 2.75) is 32.9 Å². The minimum atomic E-state index is -0.216. The van der Waals surface area contributed by atoms with Gasteiger partial charge in [0.2, 0.25) is 5.95 Å². The van der Waals surface area contributed by atoms with E-state index in [9.17, 15) is 4.79 Å². The molecule has 0 saturated carbocycles. The first-order chi connectivity index (χ1) is 10.9. The Morgan fingerprint density at radius 2 is 1.96 bits per heavy atom. The molecule has 0 saturated heterocycles. The molecule has 0 radical (unpaired) electrons. The minimum Gasteiger partial charge on any atom is -0.489 e. The minimum absolute atomic E-state index is 0.0421. The van der Waals surface area contributed by atoms with Crippen LogP contribution in [0, 0.1) is 0 Å². The van der Waals surface area contributed by atoms with Crippen LogP contribution in [0.2, 0.25) is 10.0 Å². The predicted molar refractivity (Wildman–Crippen MR) is 91.5 cm³/mol. The zero-order valence-electron chi connectivity index (χ0n) is 13.2. The Morgan fingerprint density at radius 1 is 1.22 bits per heavy atom. The van der Waals surface area contributed by atoms with Gasteiger partial charge in [-0.2, -0.15) is 4.68 Å². The van der Waals surface area contributed by atoms with Gasteiger partial charge in [-0.25, -0.2) is 4.79 Å². The molecule has 0 unspecified atom stereocenters. The second kappa shape index (κ2) is 6.09. The van der Waals surface area contributed by atoms with E-state index in [1.807, 2.05) is 25.8 Å². The van der Waals surface area contributed by atoms with Crippen molar-refractivity contribution in [3.63, 3.8) is 0 Å². The average Bonchev–Trinajstić information content (AvgIpc) is 2.80. The zero-order valence-corrected chi connectivity index (χ0v) is 14.7. The number of fused-ring (bicyclic) bond motifs is 1. The van der Waals surface area contributed by atoms with Gasteiger partial charge in [0.1, 0.15) is 5.75 Å². The van der Waals surface area contributed by atoms with Crippen LogP contribution in [-0.4, -0.2) is 34.0 Å². The first kappa shape index (κ1) is 16.2. The van der Waals surface area contributed by atoms with Crippen LogP contribution < -0.4 is 15.3 Å². The third-order valence-corrected chi connectivity index (χ3v) is 4.25. The number of hydrogen-bond donors (Lipinski definition) is 0. The normalized spacial score (nSPS) is 14.3. The van der Waals surface area contributed by atoms with Gasteiger partial charge >= 0.3 is 5.69 Å². The van der Waals surface area contributed by atoms with Crippen molar-refractivity contribution in [1.29, 1.82) is 0 Å². The van der Waals surface area contributed by atoms with E-state index in [-0.39, 0.29) is 11.8 Å². The van der Waals surface area contributed by atoms with E-state index >= 15 is 0 Å². The molecule has 0 fully saturated rings. The summed E-state index contributed by atoms with van der Waals surface area (Å²) in [7, 11) is 1.92. The molecule has 2 aromatic rings. The van der Waals surface area contributed by atoms with E-state index in [0.717, 1.165) is 13.0 Å². The van der Waals surface area contributed by atoms with Crippen LogP contribution in [0.5, 0.6) is 5.75 Å². The SMILES string of the molecule is CC(C)Oc1cc(-n2nc3n(c2=O)CCCN3C)c(Cl)cc1Cl. The summed E-state index contributed by atoms with van der Waals surface area (Å²) in [6.07, 6.45) is 0.866. The van der Waals surface area contributed by atoms with Gasteiger partial charge in [0.25, 0.3) is 0 Å². The Balaban J connectivity index is 2.14. The molecular formula is C15H18Cl2N4O2. The summed E-state index contributed by atoms with van der Waals surface area (Å²) in [6, 6.07) is 3.23. The summed E-state index contributed by atoms with van der Waals surface area (Å²) in [5, 5.41) is 5.18. The Labute approximate surface area is 144 Å². The first-order valence-electron chi connectivity index (χ1n) is 7.45. The van der Waals surface area contributed by atoms with E-state index in [4.69, 9.17) is 27.9 Å². The Kier molecular flexibility index (Phi) is 4.29. The van der Waals surface area contributed by atoms with E-state index in [2.05, 4.69) is 5.10 Å². The van der Waals surface area contributed by atoms with Crippen LogP contribution in [-0.2, 0) is 6.54 Å². The molecule has 0 N–H and O–H groups in total. The van der Waals surface area contributed by atoms with Gasteiger partial charge in [0.05, 0.1) is 21.8 Å². The van der Waals surface area contributed by atoms with Gasteiger partial charge in [0, 0.05) is 26.2 Å². The topological polar surface area (TPSA) is 52.3 Å². The van der Waals surface area contributed by atoms with Crippen molar-refractivity contribution >= 4 is 29.2 Å². The molecule has 0 amide bonds. The van der Waals surface area contributed by atoms with Crippen LogP contribution in [0.4, 0.5) is 5.95 Å². The molecule has 0 bridgehead atoms. The number of halogens is 2.